The van der Waals surface area contributed by atoms with Crippen molar-refractivity contribution in [2.45, 2.75) is 45.4 Å². The lowest BCUT2D eigenvalue weighted by Gasteiger charge is -1.95. The minimum absolute atomic E-state index is 0.188. The molecule has 0 fully saturated rings. The summed E-state index contributed by atoms with van der Waals surface area (Å²) in [5, 5.41) is 8.31. The van der Waals surface area contributed by atoms with Crippen molar-refractivity contribution in [2.24, 2.45) is 0 Å². The highest BCUT2D eigenvalue weighted by Gasteiger charge is 1.94. The van der Waals surface area contributed by atoms with Gasteiger partial charge in [-0.2, -0.15) is 0 Å². The highest BCUT2D eigenvalue weighted by molar-refractivity contribution is 5.66. The van der Waals surface area contributed by atoms with Crippen LogP contribution in [-0.4, -0.2) is 11.1 Å². The minimum Gasteiger partial charge on any atom is -0.481 e. The highest BCUT2D eigenvalue weighted by atomic mass is 16.4. The molecule has 0 unspecified atom stereocenters. The van der Waals surface area contributed by atoms with Crippen molar-refractivity contribution >= 4 is 5.97 Å². The van der Waals surface area contributed by atoms with Crippen LogP contribution in [0.4, 0.5) is 0 Å². The monoisotopic (exact) mass is 147 g/mol. The quantitative estimate of drug-likeness (QED) is 0.586. The predicted octanol–water partition coefficient (Wildman–Crippen LogP) is 2.43. The zero-order chi connectivity index (χ0) is 10.3. The summed E-state index contributed by atoms with van der Waals surface area (Å²) in [6, 6.07) is 0. The van der Waals surface area contributed by atoms with Crippen LogP contribution in [0.5, 0.6) is 0 Å². The van der Waals surface area contributed by atoms with Crippen molar-refractivity contribution in [3.8, 4) is 0 Å². The number of carbonyl (C=O) groups is 1. The summed E-state index contributed by atoms with van der Waals surface area (Å²) >= 11 is 0. The van der Waals surface area contributed by atoms with Crippen LogP contribution in [0.2, 0.25) is 0 Å². The fraction of sp³-hybridized carbons (Fsp3) is 0.875. The van der Waals surface area contributed by atoms with Crippen LogP contribution in [0.3, 0.4) is 0 Å². The smallest absolute Gasteiger partial charge is 0.303 e. The Hall–Kier alpha value is -0.530. The number of carboxylic acids is 1. The van der Waals surface area contributed by atoms with Crippen molar-refractivity contribution in [3.05, 3.63) is 0 Å². The number of hydrogen-bond donors (Lipinski definition) is 1. The summed E-state index contributed by atoms with van der Waals surface area (Å²) in [5.74, 6) is -0.782. The number of hydrogen-bond acceptors (Lipinski definition) is 1. The molecule has 0 bridgehead atoms. The molecule has 0 aliphatic carbocycles. The zero-order valence-electron chi connectivity index (χ0n) is 9.10. The summed E-state index contributed by atoms with van der Waals surface area (Å²) in [6.07, 6.45) is 3.36. The summed E-state index contributed by atoms with van der Waals surface area (Å²) in [7, 11) is 0. The molecule has 2 nitrogen and oxygen atoms in total. The Morgan fingerprint density at radius 1 is 1.40 bits per heavy atom. The van der Waals surface area contributed by atoms with Crippen LogP contribution in [0.1, 0.15) is 49.5 Å². The predicted molar refractivity (Wildman–Crippen MR) is 41.0 cm³/mol. The molecule has 1 N–H and O–H groups in total. The molecular formula is C8H16O2. The Balaban J connectivity index is 3.13. The van der Waals surface area contributed by atoms with E-state index < -0.39 is 12.8 Å². The van der Waals surface area contributed by atoms with Gasteiger partial charge in [0, 0.05) is 10.5 Å². The Kier molecular flexibility index (Phi) is 3.40. The van der Waals surface area contributed by atoms with E-state index in [9.17, 15) is 4.79 Å². The lowest BCUT2D eigenvalue weighted by Crippen LogP contribution is -1.93. The van der Waals surface area contributed by atoms with Crippen molar-refractivity contribution < 1.29 is 14.0 Å². The van der Waals surface area contributed by atoms with Crippen molar-refractivity contribution in [1.82, 2.24) is 0 Å². The van der Waals surface area contributed by atoms with Gasteiger partial charge in [-0.1, -0.05) is 32.5 Å². The van der Waals surface area contributed by atoms with Gasteiger partial charge in [0.1, 0.15) is 0 Å². The maximum Gasteiger partial charge on any atom is 0.303 e. The van der Waals surface area contributed by atoms with Crippen LogP contribution in [-0.2, 0) is 4.79 Å². The summed E-state index contributed by atoms with van der Waals surface area (Å²) in [4.78, 5) is 10.1. The standard InChI is InChI=1S/C8H16O2/c1-2-3-4-5-6-7-8(9)10/h2-7H2,1H3,(H,9,10)/i1D3. The normalized spacial score (nSPS) is 15.4. The first-order chi connectivity index (χ1) is 5.92. The molecule has 0 aliphatic heterocycles. The molecule has 0 aromatic heterocycles. The van der Waals surface area contributed by atoms with E-state index in [-0.39, 0.29) is 12.8 Å². The van der Waals surface area contributed by atoms with Gasteiger partial charge in [0.2, 0.25) is 0 Å². The van der Waals surface area contributed by atoms with E-state index >= 15 is 0 Å². The maximum atomic E-state index is 10.1. The molecule has 0 heterocycles. The van der Waals surface area contributed by atoms with Crippen molar-refractivity contribution in [3.63, 3.8) is 0 Å². The molecule has 10 heavy (non-hydrogen) atoms. The fourth-order valence-corrected chi connectivity index (χ4v) is 0.755. The third-order valence-corrected chi connectivity index (χ3v) is 1.32. The van der Waals surface area contributed by atoms with Gasteiger partial charge in [-0.25, -0.2) is 0 Å². The Bertz CT molecular complexity index is 154. The second-order valence-corrected chi connectivity index (χ2v) is 2.31. The summed E-state index contributed by atoms with van der Waals surface area (Å²) in [5.41, 5.74) is 0. The van der Waals surface area contributed by atoms with E-state index in [0.29, 0.717) is 12.8 Å². The van der Waals surface area contributed by atoms with Crippen LogP contribution >= 0.6 is 0 Å². The second-order valence-electron chi connectivity index (χ2n) is 2.31. The molecule has 0 saturated heterocycles. The first-order valence-electron chi connectivity index (χ1n) is 5.13. The summed E-state index contributed by atoms with van der Waals surface area (Å²) in [6.45, 7) is -1.83. The second kappa shape index (κ2) is 6.59. The molecule has 0 spiro atoms. The highest BCUT2D eigenvalue weighted by Crippen LogP contribution is 2.04. The van der Waals surface area contributed by atoms with E-state index in [1.54, 1.807) is 0 Å². The third kappa shape index (κ3) is 7.47. The topological polar surface area (TPSA) is 37.3 Å². The van der Waals surface area contributed by atoms with Crippen LogP contribution < -0.4 is 0 Å². The first-order valence-corrected chi connectivity index (χ1v) is 3.63. The molecule has 0 rings (SSSR count). The van der Waals surface area contributed by atoms with E-state index in [4.69, 9.17) is 9.22 Å². The molecule has 2 heteroatoms. The number of carboxylic acid groups (broad SMARTS) is 1. The van der Waals surface area contributed by atoms with Gasteiger partial charge in [-0.05, 0) is 6.42 Å². The van der Waals surface area contributed by atoms with Gasteiger partial charge in [-0.15, -0.1) is 0 Å². The van der Waals surface area contributed by atoms with Gasteiger partial charge >= 0.3 is 5.97 Å². The van der Waals surface area contributed by atoms with Crippen LogP contribution in [0.25, 0.3) is 0 Å². The molecule has 0 aliphatic rings. The lowest BCUT2D eigenvalue weighted by atomic mass is 10.1. The van der Waals surface area contributed by atoms with Crippen LogP contribution in [0.15, 0.2) is 0 Å². The first kappa shape index (κ1) is 5.16. The molecule has 0 atom stereocenters. The molecule has 0 saturated carbocycles. The number of unbranched alkanes of at least 4 members (excludes halogenated alkanes) is 3. The molecular weight excluding hydrogens is 128 g/mol. The minimum atomic E-state index is -1.83. The number of rotatable bonds is 6. The molecule has 0 aromatic rings. The van der Waals surface area contributed by atoms with Crippen molar-refractivity contribution in [2.75, 3.05) is 0 Å². The van der Waals surface area contributed by atoms with Gasteiger partial charge < -0.3 is 5.11 Å². The van der Waals surface area contributed by atoms with E-state index in [2.05, 4.69) is 0 Å². The van der Waals surface area contributed by atoms with Crippen LogP contribution in [0, 0.1) is 0 Å². The molecule has 60 valence electrons. The average Bonchev–Trinajstić information content (AvgIpc) is 1.93. The number of aliphatic carboxylic acids is 1. The van der Waals surface area contributed by atoms with E-state index in [1.807, 2.05) is 0 Å². The van der Waals surface area contributed by atoms with Gasteiger partial charge in [-0.3, -0.25) is 4.79 Å². The maximum absolute atomic E-state index is 10.1. The van der Waals surface area contributed by atoms with E-state index in [0.717, 1.165) is 12.8 Å². The Morgan fingerprint density at radius 2 is 2.10 bits per heavy atom. The van der Waals surface area contributed by atoms with E-state index in [1.165, 1.54) is 0 Å². The zero-order valence-corrected chi connectivity index (χ0v) is 6.10. The van der Waals surface area contributed by atoms with Gasteiger partial charge in [0.25, 0.3) is 0 Å². The summed E-state index contributed by atoms with van der Waals surface area (Å²) < 4.78 is 20.8. The lowest BCUT2D eigenvalue weighted by molar-refractivity contribution is -0.137. The molecule has 0 amide bonds. The SMILES string of the molecule is [2H]C([2H])([2H])CCCCCCC(=O)O. The Labute approximate surface area is 66.5 Å². The van der Waals surface area contributed by atoms with Crippen molar-refractivity contribution in [1.29, 1.82) is 0 Å². The Morgan fingerprint density at radius 3 is 2.70 bits per heavy atom. The third-order valence-electron chi connectivity index (χ3n) is 1.32. The average molecular weight is 147 g/mol. The van der Waals surface area contributed by atoms with Gasteiger partial charge in [0.15, 0.2) is 0 Å². The largest absolute Gasteiger partial charge is 0.481 e. The van der Waals surface area contributed by atoms with Gasteiger partial charge in [0.05, 0.1) is 0 Å². The molecule has 0 aromatic carbocycles. The molecule has 0 radical (unpaired) electrons. The fourth-order valence-electron chi connectivity index (χ4n) is 0.755.